The van der Waals surface area contributed by atoms with Gasteiger partial charge in [-0.2, -0.15) is 0 Å². The lowest BCUT2D eigenvalue weighted by molar-refractivity contribution is 0.0599. The van der Waals surface area contributed by atoms with Gasteiger partial charge in [-0.15, -0.1) is 0 Å². The molecule has 0 bridgehead atoms. The zero-order chi connectivity index (χ0) is 13.8. The Morgan fingerprint density at radius 2 is 2.32 bits per heavy atom. The van der Waals surface area contributed by atoms with Gasteiger partial charge in [-0.3, -0.25) is 0 Å². The second-order valence-electron chi connectivity index (χ2n) is 4.29. The number of esters is 1. The Hall–Kier alpha value is -2.01. The van der Waals surface area contributed by atoms with E-state index in [9.17, 15) is 4.79 Å². The van der Waals surface area contributed by atoms with E-state index in [0.717, 1.165) is 5.76 Å². The van der Waals surface area contributed by atoms with E-state index in [0.29, 0.717) is 23.6 Å². The van der Waals surface area contributed by atoms with Crippen LogP contribution in [0.1, 0.15) is 40.6 Å². The van der Waals surface area contributed by atoms with Crippen molar-refractivity contribution in [2.45, 2.75) is 26.4 Å². The molecule has 2 rings (SSSR count). The van der Waals surface area contributed by atoms with Gasteiger partial charge < -0.3 is 18.9 Å². The minimum absolute atomic E-state index is 0.0713. The van der Waals surface area contributed by atoms with Crippen LogP contribution in [0.15, 0.2) is 33.3 Å². The Bertz CT molecular complexity index is 542. The van der Waals surface area contributed by atoms with Crippen LogP contribution in [0.25, 0.3) is 0 Å². The van der Waals surface area contributed by atoms with Crippen LogP contribution in [0.5, 0.6) is 0 Å². The highest BCUT2D eigenvalue weighted by Crippen LogP contribution is 2.17. The molecule has 2 aromatic heterocycles. The van der Waals surface area contributed by atoms with Crippen molar-refractivity contribution in [3.8, 4) is 0 Å². The fourth-order valence-electron chi connectivity index (χ4n) is 1.84. The summed E-state index contributed by atoms with van der Waals surface area (Å²) in [5.41, 5.74) is 0.463. The van der Waals surface area contributed by atoms with Gasteiger partial charge in [0.15, 0.2) is 0 Å². The van der Waals surface area contributed by atoms with E-state index < -0.39 is 0 Å². The summed E-state index contributed by atoms with van der Waals surface area (Å²) in [6.07, 6.45) is 1.64. The van der Waals surface area contributed by atoms with Crippen LogP contribution in [0.3, 0.4) is 0 Å². The highest BCUT2D eigenvalue weighted by molar-refractivity contribution is 5.90. The highest BCUT2D eigenvalue weighted by atomic mass is 16.5. The van der Waals surface area contributed by atoms with Crippen molar-refractivity contribution in [1.29, 1.82) is 0 Å². The number of furan rings is 2. The number of carbonyl (C=O) groups excluding carboxylic acids is 1. The fraction of sp³-hybridized carbons (Fsp3) is 0.357. The molecule has 5 nitrogen and oxygen atoms in total. The van der Waals surface area contributed by atoms with E-state index in [-0.39, 0.29) is 12.0 Å². The number of ether oxygens (including phenoxy) is 1. The first kappa shape index (κ1) is 13.4. The molecule has 1 atom stereocenters. The zero-order valence-corrected chi connectivity index (χ0v) is 11.2. The van der Waals surface area contributed by atoms with Crippen LogP contribution < -0.4 is 5.32 Å². The van der Waals surface area contributed by atoms with E-state index in [4.69, 9.17) is 8.83 Å². The number of carbonyl (C=O) groups is 1. The summed E-state index contributed by atoms with van der Waals surface area (Å²) in [5.74, 6) is 1.73. The molecule has 1 N–H and O–H groups in total. The van der Waals surface area contributed by atoms with Crippen molar-refractivity contribution in [3.63, 3.8) is 0 Å². The van der Waals surface area contributed by atoms with Gasteiger partial charge in [-0.1, -0.05) is 0 Å². The van der Waals surface area contributed by atoms with Crippen LogP contribution in [-0.4, -0.2) is 13.1 Å². The standard InChI is InChI=1S/C14H17NO4/c1-9(13-5-4-6-18-13)15-8-11-7-12(10(2)19-11)14(16)17-3/h4-7,9,15H,8H2,1-3H3/t9-/m1/s1. The van der Waals surface area contributed by atoms with Gasteiger partial charge in [0, 0.05) is 0 Å². The quantitative estimate of drug-likeness (QED) is 0.840. The summed E-state index contributed by atoms with van der Waals surface area (Å²) in [4.78, 5) is 11.5. The van der Waals surface area contributed by atoms with Gasteiger partial charge in [-0.25, -0.2) is 4.79 Å². The Balaban J connectivity index is 1.98. The smallest absolute Gasteiger partial charge is 0.341 e. The monoisotopic (exact) mass is 263 g/mol. The maximum absolute atomic E-state index is 11.5. The van der Waals surface area contributed by atoms with Crippen molar-refractivity contribution >= 4 is 5.97 Å². The molecule has 0 aliphatic rings. The number of aryl methyl sites for hydroxylation is 1. The Morgan fingerprint density at radius 3 is 2.95 bits per heavy atom. The molecule has 0 unspecified atom stereocenters. The Labute approximate surface area is 111 Å². The van der Waals surface area contributed by atoms with Gasteiger partial charge in [0.05, 0.1) is 26.0 Å². The van der Waals surface area contributed by atoms with Gasteiger partial charge >= 0.3 is 5.97 Å². The summed E-state index contributed by atoms with van der Waals surface area (Å²) in [6.45, 7) is 4.25. The topological polar surface area (TPSA) is 64.6 Å². The lowest BCUT2D eigenvalue weighted by Gasteiger charge is -2.09. The van der Waals surface area contributed by atoms with Crippen molar-refractivity contribution < 1.29 is 18.4 Å². The van der Waals surface area contributed by atoms with Crippen LogP contribution in [0, 0.1) is 6.92 Å². The molecule has 5 heteroatoms. The predicted octanol–water partition coefficient (Wildman–Crippen LogP) is 2.82. The van der Waals surface area contributed by atoms with Gasteiger partial charge in [0.25, 0.3) is 0 Å². The molecule has 0 fully saturated rings. The average molecular weight is 263 g/mol. The third kappa shape index (κ3) is 3.06. The first-order chi connectivity index (χ1) is 9.11. The Kier molecular flexibility index (Phi) is 4.06. The molecule has 0 aliphatic heterocycles. The summed E-state index contributed by atoms with van der Waals surface area (Å²) in [6, 6.07) is 5.52. The van der Waals surface area contributed by atoms with Crippen LogP contribution in [0.2, 0.25) is 0 Å². The molecule has 2 aromatic rings. The van der Waals surface area contributed by atoms with E-state index >= 15 is 0 Å². The molecule has 19 heavy (non-hydrogen) atoms. The van der Waals surface area contributed by atoms with Crippen molar-refractivity contribution in [3.05, 3.63) is 47.3 Å². The van der Waals surface area contributed by atoms with Crippen molar-refractivity contribution in [2.75, 3.05) is 7.11 Å². The number of hydrogen-bond donors (Lipinski definition) is 1. The molecular weight excluding hydrogens is 246 g/mol. The number of rotatable bonds is 5. The minimum atomic E-state index is -0.383. The Morgan fingerprint density at radius 1 is 1.53 bits per heavy atom. The third-order valence-electron chi connectivity index (χ3n) is 2.93. The second kappa shape index (κ2) is 5.75. The van der Waals surface area contributed by atoms with E-state index in [1.807, 2.05) is 19.1 Å². The molecule has 2 heterocycles. The normalized spacial score (nSPS) is 12.4. The maximum atomic E-state index is 11.5. The van der Waals surface area contributed by atoms with Crippen molar-refractivity contribution in [2.24, 2.45) is 0 Å². The fourth-order valence-corrected chi connectivity index (χ4v) is 1.84. The number of methoxy groups -OCH3 is 1. The number of nitrogens with one attached hydrogen (secondary N) is 1. The molecule has 0 aliphatic carbocycles. The van der Waals surface area contributed by atoms with E-state index in [1.54, 1.807) is 19.3 Å². The summed E-state index contributed by atoms with van der Waals surface area (Å²) in [7, 11) is 1.35. The molecule has 0 aromatic carbocycles. The maximum Gasteiger partial charge on any atom is 0.341 e. The minimum Gasteiger partial charge on any atom is -0.468 e. The van der Waals surface area contributed by atoms with Crippen molar-refractivity contribution in [1.82, 2.24) is 5.32 Å². The lowest BCUT2D eigenvalue weighted by Crippen LogP contribution is -2.17. The molecule has 0 saturated carbocycles. The molecular formula is C14H17NO4. The number of hydrogen-bond acceptors (Lipinski definition) is 5. The van der Waals surface area contributed by atoms with Crippen LogP contribution >= 0.6 is 0 Å². The molecule has 0 radical (unpaired) electrons. The molecule has 0 saturated heterocycles. The van der Waals surface area contributed by atoms with Crippen LogP contribution in [0.4, 0.5) is 0 Å². The second-order valence-corrected chi connectivity index (χ2v) is 4.29. The largest absolute Gasteiger partial charge is 0.468 e. The van der Waals surface area contributed by atoms with Gasteiger partial charge in [-0.05, 0) is 32.0 Å². The summed E-state index contributed by atoms with van der Waals surface area (Å²) < 4.78 is 15.5. The SMILES string of the molecule is COC(=O)c1cc(CN[C@H](C)c2ccco2)oc1C. The molecule has 102 valence electrons. The molecule has 0 amide bonds. The summed E-state index contributed by atoms with van der Waals surface area (Å²) in [5, 5.41) is 3.26. The first-order valence-corrected chi connectivity index (χ1v) is 6.06. The van der Waals surface area contributed by atoms with Gasteiger partial charge in [0.1, 0.15) is 22.8 Å². The first-order valence-electron chi connectivity index (χ1n) is 6.06. The zero-order valence-electron chi connectivity index (χ0n) is 11.2. The molecule has 0 spiro atoms. The third-order valence-corrected chi connectivity index (χ3v) is 2.93. The van der Waals surface area contributed by atoms with E-state index in [2.05, 4.69) is 10.1 Å². The van der Waals surface area contributed by atoms with Gasteiger partial charge in [0.2, 0.25) is 0 Å². The lowest BCUT2D eigenvalue weighted by atomic mass is 10.2. The predicted molar refractivity (Wildman–Crippen MR) is 68.7 cm³/mol. The summed E-state index contributed by atoms with van der Waals surface area (Å²) >= 11 is 0. The van der Waals surface area contributed by atoms with Crippen LogP contribution in [-0.2, 0) is 11.3 Å². The average Bonchev–Trinajstić information content (AvgIpc) is 3.04. The highest BCUT2D eigenvalue weighted by Gasteiger charge is 2.16. The van der Waals surface area contributed by atoms with E-state index in [1.165, 1.54) is 7.11 Å².